The molecule has 1 saturated heterocycles. The normalized spacial score (nSPS) is 23.9. The maximum atomic E-state index is 12.3. The van der Waals surface area contributed by atoms with Gasteiger partial charge in [-0.1, -0.05) is 6.92 Å². The van der Waals surface area contributed by atoms with Crippen molar-refractivity contribution in [2.45, 2.75) is 38.8 Å². The summed E-state index contributed by atoms with van der Waals surface area (Å²) < 4.78 is 29.0. The summed E-state index contributed by atoms with van der Waals surface area (Å²) >= 11 is 0. The molecule has 0 aromatic carbocycles. The number of piperidine rings is 1. The van der Waals surface area contributed by atoms with Crippen LogP contribution in [0.25, 0.3) is 0 Å². The van der Waals surface area contributed by atoms with Gasteiger partial charge in [-0.15, -0.1) is 0 Å². The molecule has 1 aromatic heterocycles. The highest BCUT2D eigenvalue weighted by atomic mass is 32.2. The van der Waals surface area contributed by atoms with Crippen LogP contribution >= 0.6 is 0 Å². The van der Waals surface area contributed by atoms with Crippen LogP contribution in [0, 0.1) is 18.8 Å². The van der Waals surface area contributed by atoms with Crippen molar-refractivity contribution in [1.29, 1.82) is 0 Å². The minimum Gasteiger partial charge on any atom is -0.334 e. The van der Waals surface area contributed by atoms with Crippen molar-refractivity contribution in [1.82, 2.24) is 19.6 Å². The summed E-state index contributed by atoms with van der Waals surface area (Å²) in [5.74, 6) is 1.60. The Kier molecular flexibility index (Phi) is 4.82. The zero-order chi connectivity index (χ0) is 14.8. The lowest BCUT2D eigenvalue weighted by atomic mass is 9.88. The highest BCUT2D eigenvalue weighted by Crippen LogP contribution is 2.18. The van der Waals surface area contributed by atoms with Crippen molar-refractivity contribution < 1.29 is 8.42 Å². The van der Waals surface area contributed by atoms with E-state index in [-0.39, 0.29) is 5.03 Å². The van der Waals surface area contributed by atoms with Gasteiger partial charge in [0.2, 0.25) is 0 Å². The van der Waals surface area contributed by atoms with Crippen LogP contribution in [-0.4, -0.2) is 37.6 Å². The Bertz CT molecular complexity index is 553. The molecule has 2 rings (SSSR count). The van der Waals surface area contributed by atoms with E-state index in [0.717, 1.165) is 31.9 Å². The Hall–Kier alpha value is -0.920. The summed E-state index contributed by atoms with van der Waals surface area (Å²) in [6.45, 7) is 9.03. The standard InChI is InChI=1S/C13H24N4O2S/c1-4-17-9-13(16-11(17)3)20(18,19)15-8-12-7-14-6-5-10(12)2/h9-10,12,14-15H,4-8H2,1-3H3. The Balaban J connectivity index is 2.03. The minimum absolute atomic E-state index is 0.119. The first-order chi connectivity index (χ1) is 9.44. The predicted octanol–water partition coefficient (Wildman–Crippen LogP) is 0.735. The van der Waals surface area contributed by atoms with E-state index in [1.54, 1.807) is 6.20 Å². The lowest BCUT2D eigenvalue weighted by Gasteiger charge is -2.29. The predicted molar refractivity (Wildman–Crippen MR) is 78.0 cm³/mol. The van der Waals surface area contributed by atoms with Crippen LogP contribution in [0.2, 0.25) is 0 Å². The van der Waals surface area contributed by atoms with Crippen molar-refractivity contribution in [3.63, 3.8) is 0 Å². The van der Waals surface area contributed by atoms with Crippen molar-refractivity contribution in [3.8, 4) is 0 Å². The van der Waals surface area contributed by atoms with Gasteiger partial charge in [0.25, 0.3) is 10.0 Å². The van der Waals surface area contributed by atoms with Gasteiger partial charge in [-0.2, -0.15) is 0 Å². The molecule has 7 heteroatoms. The zero-order valence-corrected chi connectivity index (χ0v) is 13.2. The maximum Gasteiger partial charge on any atom is 0.259 e. The highest BCUT2D eigenvalue weighted by Gasteiger charge is 2.25. The summed E-state index contributed by atoms with van der Waals surface area (Å²) in [6, 6.07) is 0. The van der Waals surface area contributed by atoms with Gasteiger partial charge in [0, 0.05) is 19.3 Å². The molecule has 0 bridgehead atoms. The van der Waals surface area contributed by atoms with E-state index in [0.29, 0.717) is 18.4 Å². The summed E-state index contributed by atoms with van der Waals surface area (Å²) in [6.07, 6.45) is 2.69. The average molecular weight is 300 g/mol. The second-order valence-electron chi connectivity index (χ2n) is 5.49. The molecule has 0 amide bonds. The number of sulfonamides is 1. The topological polar surface area (TPSA) is 76.0 Å². The van der Waals surface area contributed by atoms with E-state index in [9.17, 15) is 8.42 Å². The van der Waals surface area contributed by atoms with E-state index >= 15 is 0 Å². The Morgan fingerprint density at radius 2 is 2.30 bits per heavy atom. The number of nitrogens with one attached hydrogen (secondary N) is 2. The van der Waals surface area contributed by atoms with E-state index in [1.807, 2.05) is 18.4 Å². The van der Waals surface area contributed by atoms with Crippen molar-refractivity contribution in [2.75, 3.05) is 19.6 Å². The maximum absolute atomic E-state index is 12.3. The van der Waals surface area contributed by atoms with Crippen LogP contribution in [0.15, 0.2) is 11.2 Å². The SMILES string of the molecule is CCn1cc(S(=O)(=O)NCC2CNCCC2C)nc1C. The lowest BCUT2D eigenvalue weighted by Crippen LogP contribution is -2.42. The molecule has 20 heavy (non-hydrogen) atoms. The Morgan fingerprint density at radius 1 is 1.55 bits per heavy atom. The van der Waals surface area contributed by atoms with Gasteiger partial charge in [0.05, 0.1) is 0 Å². The summed E-state index contributed by atoms with van der Waals surface area (Å²) in [5, 5.41) is 3.43. The number of hydrogen-bond acceptors (Lipinski definition) is 4. The number of nitrogens with zero attached hydrogens (tertiary/aromatic N) is 2. The first-order valence-corrected chi connectivity index (χ1v) is 8.66. The number of aromatic nitrogens is 2. The molecule has 2 atom stereocenters. The van der Waals surface area contributed by atoms with Gasteiger partial charge in [-0.3, -0.25) is 0 Å². The fourth-order valence-corrected chi connectivity index (χ4v) is 3.65. The first kappa shape index (κ1) is 15.5. The van der Waals surface area contributed by atoms with Gasteiger partial charge in [-0.05, 0) is 45.2 Å². The fraction of sp³-hybridized carbons (Fsp3) is 0.769. The second kappa shape index (κ2) is 6.24. The monoisotopic (exact) mass is 300 g/mol. The molecule has 0 spiro atoms. The van der Waals surface area contributed by atoms with Crippen LogP contribution in [-0.2, 0) is 16.6 Å². The smallest absolute Gasteiger partial charge is 0.259 e. The third-order valence-electron chi connectivity index (χ3n) is 4.09. The van der Waals surface area contributed by atoms with E-state index < -0.39 is 10.0 Å². The van der Waals surface area contributed by atoms with Crippen LogP contribution in [0.5, 0.6) is 0 Å². The van der Waals surface area contributed by atoms with Crippen molar-refractivity contribution >= 4 is 10.0 Å². The Morgan fingerprint density at radius 3 is 2.90 bits per heavy atom. The van der Waals surface area contributed by atoms with Gasteiger partial charge in [-0.25, -0.2) is 18.1 Å². The molecule has 1 aliphatic rings. The van der Waals surface area contributed by atoms with Gasteiger partial charge in [0.1, 0.15) is 5.82 Å². The molecule has 2 N–H and O–H groups in total. The third kappa shape index (κ3) is 3.39. The first-order valence-electron chi connectivity index (χ1n) is 7.18. The molecule has 2 heterocycles. The van der Waals surface area contributed by atoms with Crippen LogP contribution in [0.4, 0.5) is 0 Å². The molecular formula is C13H24N4O2S. The zero-order valence-electron chi connectivity index (χ0n) is 12.4. The molecule has 0 aliphatic carbocycles. The number of rotatable bonds is 5. The molecule has 6 nitrogen and oxygen atoms in total. The molecule has 2 unspecified atom stereocenters. The van der Waals surface area contributed by atoms with Crippen LogP contribution in [0.3, 0.4) is 0 Å². The second-order valence-corrected chi connectivity index (χ2v) is 7.21. The summed E-state index contributed by atoms with van der Waals surface area (Å²) in [7, 11) is -3.50. The van der Waals surface area contributed by atoms with E-state index in [4.69, 9.17) is 0 Å². The van der Waals surface area contributed by atoms with Gasteiger partial charge < -0.3 is 9.88 Å². The molecule has 1 fully saturated rings. The number of imidazole rings is 1. The van der Waals surface area contributed by atoms with Gasteiger partial charge >= 0.3 is 0 Å². The third-order valence-corrected chi connectivity index (χ3v) is 5.39. The highest BCUT2D eigenvalue weighted by molar-refractivity contribution is 7.89. The molecule has 1 aromatic rings. The molecule has 0 radical (unpaired) electrons. The minimum atomic E-state index is -3.50. The fourth-order valence-electron chi connectivity index (χ4n) is 2.55. The van der Waals surface area contributed by atoms with Crippen LogP contribution in [0.1, 0.15) is 26.1 Å². The van der Waals surface area contributed by atoms with Crippen molar-refractivity contribution in [3.05, 3.63) is 12.0 Å². The largest absolute Gasteiger partial charge is 0.334 e. The molecule has 1 aliphatic heterocycles. The summed E-state index contributed by atoms with van der Waals surface area (Å²) in [4.78, 5) is 4.13. The molecule has 114 valence electrons. The summed E-state index contributed by atoms with van der Waals surface area (Å²) in [5.41, 5.74) is 0. The van der Waals surface area contributed by atoms with E-state index in [1.165, 1.54) is 0 Å². The number of hydrogen-bond donors (Lipinski definition) is 2. The molecular weight excluding hydrogens is 276 g/mol. The van der Waals surface area contributed by atoms with Gasteiger partial charge in [0.15, 0.2) is 5.03 Å². The van der Waals surface area contributed by atoms with E-state index in [2.05, 4.69) is 21.9 Å². The number of aryl methyl sites for hydroxylation is 2. The Labute approximate surface area is 121 Å². The quantitative estimate of drug-likeness (QED) is 0.841. The average Bonchev–Trinajstić information content (AvgIpc) is 2.80. The van der Waals surface area contributed by atoms with Crippen LogP contribution < -0.4 is 10.0 Å². The van der Waals surface area contributed by atoms with Crippen molar-refractivity contribution in [2.24, 2.45) is 11.8 Å². The molecule has 0 saturated carbocycles. The lowest BCUT2D eigenvalue weighted by molar-refractivity contribution is 0.275.